The van der Waals surface area contributed by atoms with E-state index in [4.69, 9.17) is 16.3 Å². The molecular formula is C19H22ClN5O3. The Morgan fingerprint density at radius 3 is 2.61 bits per heavy atom. The van der Waals surface area contributed by atoms with E-state index < -0.39 is 6.03 Å². The van der Waals surface area contributed by atoms with Gasteiger partial charge in [-0.25, -0.2) is 9.78 Å². The first kappa shape index (κ1) is 19.9. The van der Waals surface area contributed by atoms with Crippen LogP contribution < -0.4 is 20.9 Å². The molecule has 28 heavy (non-hydrogen) atoms. The van der Waals surface area contributed by atoms with Crippen molar-refractivity contribution < 1.29 is 14.3 Å². The maximum Gasteiger partial charge on any atom is 0.315 e. The number of anilines is 2. The summed E-state index contributed by atoms with van der Waals surface area (Å²) in [4.78, 5) is 30.4. The molecule has 1 saturated heterocycles. The number of ether oxygens (including phenoxy) is 1. The molecule has 0 bridgehead atoms. The molecular weight excluding hydrogens is 382 g/mol. The number of benzene rings is 1. The van der Waals surface area contributed by atoms with Gasteiger partial charge in [0.05, 0.1) is 19.8 Å². The van der Waals surface area contributed by atoms with Crippen molar-refractivity contribution in [1.29, 1.82) is 0 Å². The number of carbonyl (C=O) groups excluding carboxylic acids is 2. The fourth-order valence-electron chi connectivity index (χ4n) is 2.68. The minimum atomic E-state index is -0.420. The average Bonchev–Trinajstić information content (AvgIpc) is 2.73. The van der Waals surface area contributed by atoms with Crippen LogP contribution in [-0.4, -0.2) is 49.8 Å². The van der Waals surface area contributed by atoms with E-state index in [2.05, 4.69) is 25.8 Å². The Morgan fingerprint density at radius 1 is 1.11 bits per heavy atom. The van der Waals surface area contributed by atoms with Gasteiger partial charge in [-0.1, -0.05) is 11.6 Å². The maximum absolute atomic E-state index is 11.9. The van der Waals surface area contributed by atoms with E-state index in [1.807, 2.05) is 12.1 Å². The van der Waals surface area contributed by atoms with Crippen LogP contribution in [-0.2, 0) is 16.1 Å². The Morgan fingerprint density at radius 2 is 1.86 bits per heavy atom. The summed E-state index contributed by atoms with van der Waals surface area (Å²) in [6.07, 6.45) is 1.72. The van der Waals surface area contributed by atoms with Crippen molar-refractivity contribution in [3.8, 4) is 0 Å². The molecule has 3 amide bonds. The highest BCUT2D eigenvalue weighted by Crippen LogP contribution is 2.14. The molecule has 1 fully saturated rings. The third kappa shape index (κ3) is 6.11. The molecule has 8 nitrogen and oxygen atoms in total. The van der Waals surface area contributed by atoms with Gasteiger partial charge >= 0.3 is 6.03 Å². The van der Waals surface area contributed by atoms with Gasteiger partial charge in [0.25, 0.3) is 0 Å². The smallest absolute Gasteiger partial charge is 0.315 e. The number of amides is 3. The number of hydrogen-bond donors (Lipinski definition) is 3. The number of pyridine rings is 1. The molecule has 0 atom stereocenters. The van der Waals surface area contributed by atoms with E-state index in [0.29, 0.717) is 30.5 Å². The zero-order valence-electron chi connectivity index (χ0n) is 15.3. The van der Waals surface area contributed by atoms with Crippen LogP contribution >= 0.6 is 11.6 Å². The zero-order chi connectivity index (χ0) is 19.8. The number of nitrogens with zero attached hydrogens (tertiary/aromatic N) is 2. The van der Waals surface area contributed by atoms with E-state index in [1.54, 1.807) is 30.5 Å². The van der Waals surface area contributed by atoms with E-state index in [-0.39, 0.29) is 12.5 Å². The Bertz CT molecular complexity index is 809. The molecule has 2 aromatic rings. The third-order valence-corrected chi connectivity index (χ3v) is 4.39. The van der Waals surface area contributed by atoms with Crippen molar-refractivity contribution in [2.24, 2.45) is 0 Å². The van der Waals surface area contributed by atoms with Crippen LogP contribution in [0.25, 0.3) is 0 Å². The molecule has 1 aliphatic heterocycles. The zero-order valence-corrected chi connectivity index (χ0v) is 16.0. The second kappa shape index (κ2) is 9.91. The topological polar surface area (TPSA) is 95.6 Å². The van der Waals surface area contributed by atoms with Gasteiger partial charge in [0, 0.05) is 36.5 Å². The summed E-state index contributed by atoms with van der Waals surface area (Å²) in [6.45, 7) is 3.17. The fourth-order valence-corrected chi connectivity index (χ4v) is 2.81. The van der Waals surface area contributed by atoms with Crippen LogP contribution in [0.2, 0.25) is 5.02 Å². The predicted octanol–water partition coefficient (Wildman–Crippen LogP) is 2.01. The lowest BCUT2D eigenvalue weighted by atomic mass is 10.2. The highest BCUT2D eigenvalue weighted by molar-refractivity contribution is 6.30. The molecule has 1 aromatic carbocycles. The van der Waals surface area contributed by atoms with Crippen LogP contribution in [0.3, 0.4) is 0 Å². The molecule has 1 aliphatic rings. The third-order valence-electron chi connectivity index (χ3n) is 4.14. The molecule has 9 heteroatoms. The molecule has 1 aromatic heterocycles. The van der Waals surface area contributed by atoms with Crippen LogP contribution in [0.1, 0.15) is 5.56 Å². The van der Waals surface area contributed by atoms with Crippen LogP contribution in [0.5, 0.6) is 0 Å². The SMILES string of the molecule is O=C(CNC(=O)NCc1ccnc(N2CCOCC2)c1)Nc1ccc(Cl)cc1. The highest BCUT2D eigenvalue weighted by Gasteiger charge is 2.13. The summed E-state index contributed by atoms with van der Waals surface area (Å²) in [7, 11) is 0. The van der Waals surface area contributed by atoms with Crippen LogP contribution in [0.15, 0.2) is 42.6 Å². The Kier molecular flexibility index (Phi) is 7.05. The summed E-state index contributed by atoms with van der Waals surface area (Å²) in [5.41, 5.74) is 1.54. The predicted molar refractivity (Wildman–Crippen MR) is 108 cm³/mol. The molecule has 0 aliphatic carbocycles. The molecule has 0 saturated carbocycles. The van der Waals surface area contributed by atoms with Crippen molar-refractivity contribution in [1.82, 2.24) is 15.6 Å². The highest BCUT2D eigenvalue weighted by atomic mass is 35.5. The van der Waals surface area contributed by atoms with Gasteiger partial charge in [-0.2, -0.15) is 0 Å². The molecule has 0 unspecified atom stereocenters. The minimum absolute atomic E-state index is 0.135. The standard InChI is InChI=1S/C19H22ClN5O3/c20-15-1-3-16(4-2-15)24-18(26)13-23-19(27)22-12-14-5-6-21-17(11-14)25-7-9-28-10-8-25/h1-6,11H,7-10,12-13H2,(H,24,26)(H2,22,23,27). The Labute approximate surface area is 168 Å². The van der Waals surface area contributed by atoms with Crippen molar-refractivity contribution in [2.75, 3.05) is 43.1 Å². The molecule has 148 valence electrons. The number of aromatic nitrogens is 1. The fraction of sp³-hybridized carbons (Fsp3) is 0.316. The number of halogens is 1. The van der Waals surface area contributed by atoms with Gasteiger partial charge in [0.2, 0.25) is 5.91 Å². The van der Waals surface area contributed by atoms with Crippen molar-refractivity contribution in [3.63, 3.8) is 0 Å². The van der Waals surface area contributed by atoms with E-state index in [9.17, 15) is 9.59 Å². The van der Waals surface area contributed by atoms with E-state index >= 15 is 0 Å². The molecule has 3 rings (SSSR count). The first-order valence-electron chi connectivity index (χ1n) is 8.95. The molecule has 2 heterocycles. The lowest BCUT2D eigenvalue weighted by molar-refractivity contribution is -0.115. The summed E-state index contributed by atoms with van der Waals surface area (Å²) in [5, 5.41) is 8.53. The summed E-state index contributed by atoms with van der Waals surface area (Å²) >= 11 is 5.80. The number of carbonyl (C=O) groups is 2. The lowest BCUT2D eigenvalue weighted by Gasteiger charge is -2.28. The Hall–Kier alpha value is -2.84. The van der Waals surface area contributed by atoms with Crippen molar-refractivity contribution in [3.05, 3.63) is 53.2 Å². The normalized spacial score (nSPS) is 13.7. The second-order valence-corrected chi connectivity index (χ2v) is 6.65. The summed E-state index contributed by atoms with van der Waals surface area (Å²) in [5.74, 6) is 0.543. The van der Waals surface area contributed by atoms with E-state index in [0.717, 1.165) is 24.5 Å². The average molecular weight is 404 g/mol. The monoisotopic (exact) mass is 403 g/mol. The number of rotatable bonds is 6. The van der Waals surface area contributed by atoms with Crippen molar-refractivity contribution >= 4 is 35.0 Å². The van der Waals surface area contributed by atoms with Gasteiger partial charge in [-0.05, 0) is 42.0 Å². The largest absolute Gasteiger partial charge is 0.378 e. The summed E-state index contributed by atoms with van der Waals surface area (Å²) in [6, 6.07) is 10.1. The number of hydrogen-bond acceptors (Lipinski definition) is 5. The van der Waals surface area contributed by atoms with Gasteiger partial charge in [0.1, 0.15) is 5.82 Å². The lowest BCUT2D eigenvalue weighted by Crippen LogP contribution is -2.39. The molecule has 0 radical (unpaired) electrons. The van der Waals surface area contributed by atoms with Gasteiger partial charge in [-0.15, -0.1) is 0 Å². The summed E-state index contributed by atoms with van der Waals surface area (Å²) < 4.78 is 5.35. The van der Waals surface area contributed by atoms with Crippen LogP contribution in [0.4, 0.5) is 16.3 Å². The van der Waals surface area contributed by atoms with Crippen molar-refractivity contribution in [2.45, 2.75) is 6.54 Å². The first-order valence-corrected chi connectivity index (χ1v) is 9.33. The molecule has 0 spiro atoms. The minimum Gasteiger partial charge on any atom is -0.378 e. The van der Waals surface area contributed by atoms with Crippen LogP contribution in [0, 0.1) is 0 Å². The molecule has 3 N–H and O–H groups in total. The van der Waals surface area contributed by atoms with Gasteiger partial charge in [0.15, 0.2) is 0 Å². The second-order valence-electron chi connectivity index (χ2n) is 6.21. The quantitative estimate of drug-likeness (QED) is 0.685. The maximum atomic E-state index is 11.9. The number of morpholine rings is 1. The number of urea groups is 1. The Balaban J connectivity index is 1.41. The van der Waals surface area contributed by atoms with Gasteiger partial charge < -0.3 is 25.6 Å². The number of nitrogens with one attached hydrogen (secondary N) is 3. The first-order chi connectivity index (χ1) is 13.6. The van der Waals surface area contributed by atoms with E-state index in [1.165, 1.54) is 0 Å². The van der Waals surface area contributed by atoms with Gasteiger partial charge in [-0.3, -0.25) is 4.79 Å².